The lowest BCUT2D eigenvalue weighted by Crippen LogP contribution is -2.45. The third-order valence-electron chi connectivity index (χ3n) is 2.88. The van der Waals surface area contributed by atoms with Gasteiger partial charge in [0, 0.05) is 5.70 Å². The van der Waals surface area contributed by atoms with Crippen molar-refractivity contribution >= 4 is 23.3 Å². The first-order valence-electron chi connectivity index (χ1n) is 5.65. The Hall–Kier alpha value is -1.95. The van der Waals surface area contributed by atoms with E-state index in [4.69, 9.17) is 17.0 Å². The van der Waals surface area contributed by atoms with Crippen molar-refractivity contribution in [1.82, 2.24) is 10.6 Å². The number of hydrogen-bond donors (Lipinski definition) is 2. The van der Waals surface area contributed by atoms with Gasteiger partial charge in [-0.05, 0) is 36.8 Å². The van der Waals surface area contributed by atoms with Crippen LogP contribution in [-0.4, -0.2) is 18.2 Å². The Balaban J connectivity index is 2.46. The largest absolute Gasteiger partial charge is 0.466 e. The first kappa shape index (κ1) is 13.5. The molecule has 1 aliphatic heterocycles. The summed E-state index contributed by atoms with van der Waals surface area (Å²) in [5, 5.41) is 6.28. The van der Waals surface area contributed by atoms with Crippen LogP contribution in [0, 0.1) is 5.82 Å². The molecule has 100 valence electrons. The van der Waals surface area contributed by atoms with E-state index in [1.807, 2.05) is 0 Å². The first-order valence-corrected chi connectivity index (χ1v) is 6.06. The van der Waals surface area contributed by atoms with Gasteiger partial charge in [0.05, 0.1) is 18.7 Å². The third-order valence-corrected chi connectivity index (χ3v) is 3.10. The van der Waals surface area contributed by atoms with Gasteiger partial charge in [0.15, 0.2) is 5.11 Å². The van der Waals surface area contributed by atoms with Gasteiger partial charge in [-0.25, -0.2) is 9.18 Å². The molecule has 0 bridgehead atoms. The Bertz CT molecular complexity index is 554. The quantitative estimate of drug-likeness (QED) is 0.639. The monoisotopic (exact) mass is 280 g/mol. The molecule has 1 aromatic rings. The molecular formula is C13H13FN2O2S. The minimum Gasteiger partial charge on any atom is -0.466 e. The highest BCUT2D eigenvalue weighted by atomic mass is 32.1. The fourth-order valence-corrected chi connectivity index (χ4v) is 2.25. The summed E-state index contributed by atoms with van der Waals surface area (Å²) in [6, 6.07) is 5.45. The summed E-state index contributed by atoms with van der Waals surface area (Å²) >= 11 is 5.08. The lowest BCUT2D eigenvalue weighted by Gasteiger charge is -2.29. The highest BCUT2D eigenvalue weighted by Gasteiger charge is 2.30. The van der Waals surface area contributed by atoms with E-state index in [0.717, 1.165) is 5.56 Å². The maximum Gasteiger partial charge on any atom is 0.337 e. The van der Waals surface area contributed by atoms with Crippen LogP contribution in [0.1, 0.15) is 18.5 Å². The zero-order chi connectivity index (χ0) is 14.0. The minimum atomic E-state index is -0.450. The molecule has 0 aliphatic carbocycles. The van der Waals surface area contributed by atoms with Gasteiger partial charge in [-0.1, -0.05) is 12.1 Å². The molecule has 0 radical (unpaired) electrons. The number of esters is 1. The van der Waals surface area contributed by atoms with Crippen LogP contribution in [0.25, 0.3) is 0 Å². The molecule has 0 fully saturated rings. The van der Waals surface area contributed by atoms with E-state index in [0.29, 0.717) is 16.4 Å². The Morgan fingerprint density at radius 2 is 2.00 bits per heavy atom. The number of carbonyl (C=O) groups excluding carboxylic acids is 1. The molecule has 1 unspecified atom stereocenters. The van der Waals surface area contributed by atoms with Crippen LogP contribution in [0.4, 0.5) is 4.39 Å². The van der Waals surface area contributed by atoms with Gasteiger partial charge in [-0.3, -0.25) is 0 Å². The number of hydrogen-bond acceptors (Lipinski definition) is 3. The zero-order valence-corrected chi connectivity index (χ0v) is 11.3. The molecule has 6 heteroatoms. The van der Waals surface area contributed by atoms with Crippen molar-refractivity contribution in [3.05, 3.63) is 46.9 Å². The standard InChI is InChI=1S/C13H13FN2O2S/c1-7-10(12(17)18-2)11(16-13(19)15-7)8-3-5-9(14)6-4-8/h3-6,11H,1-2H3,(H2,15,16,19). The number of halogens is 1. The van der Waals surface area contributed by atoms with Crippen LogP contribution in [0.3, 0.4) is 0 Å². The number of ether oxygens (including phenoxy) is 1. The summed E-state index contributed by atoms with van der Waals surface area (Å²) in [5.41, 5.74) is 1.80. The number of nitrogens with one attached hydrogen (secondary N) is 2. The predicted molar refractivity (Wildman–Crippen MR) is 72.7 cm³/mol. The Labute approximate surface area is 115 Å². The molecule has 1 aliphatic rings. The van der Waals surface area contributed by atoms with Crippen LogP contribution < -0.4 is 10.6 Å². The molecule has 0 saturated carbocycles. The van der Waals surface area contributed by atoms with Crippen LogP contribution in [0.2, 0.25) is 0 Å². The molecule has 4 nitrogen and oxygen atoms in total. The van der Waals surface area contributed by atoms with Gasteiger partial charge in [0.1, 0.15) is 5.82 Å². The van der Waals surface area contributed by atoms with E-state index in [-0.39, 0.29) is 5.82 Å². The molecule has 2 rings (SSSR count). The number of thiocarbonyl (C=S) groups is 1. The van der Waals surface area contributed by atoms with Crippen molar-refractivity contribution in [2.75, 3.05) is 7.11 Å². The summed E-state index contributed by atoms with van der Waals surface area (Å²) in [6.07, 6.45) is 0. The smallest absolute Gasteiger partial charge is 0.337 e. The lowest BCUT2D eigenvalue weighted by atomic mass is 9.96. The summed E-state index contributed by atoms with van der Waals surface area (Å²) < 4.78 is 17.7. The molecule has 19 heavy (non-hydrogen) atoms. The second kappa shape index (κ2) is 5.36. The summed E-state index contributed by atoms with van der Waals surface area (Å²) in [4.78, 5) is 11.9. The lowest BCUT2D eigenvalue weighted by molar-refractivity contribution is -0.136. The maximum atomic E-state index is 13.0. The van der Waals surface area contributed by atoms with E-state index in [1.165, 1.54) is 19.2 Å². The van der Waals surface area contributed by atoms with E-state index < -0.39 is 12.0 Å². The Kier molecular flexibility index (Phi) is 3.80. The highest BCUT2D eigenvalue weighted by Crippen LogP contribution is 2.27. The van der Waals surface area contributed by atoms with Gasteiger partial charge in [-0.2, -0.15) is 0 Å². The van der Waals surface area contributed by atoms with Crippen LogP contribution in [0.15, 0.2) is 35.5 Å². The van der Waals surface area contributed by atoms with Gasteiger partial charge in [0.25, 0.3) is 0 Å². The molecule has 0 saturated heterocycles. The fraction of sp³-hybridized carbons (Fsp3) is 0.231. The van der Waals surface area contributed by atoms with E-state index in [1.54, 1.807) is 19.1 Å². The fourth-order valence-electron chi connectivity index (χ4n) is 1.98. The number of benzene rings is 1. The number of rotatable bonds is 2. The van der Waals surface area contributed by atoms with Crippen molar-refractivity contribution < 1.29 is 13.9 Å². The van der Waals surface area contributed by atoms with Crippen molar-refractivity contribution in [2.45, 2.75) is 13.0 Å². The highest BCUT2D eigenvalue weighted by molar-refractivity contribution is 7.80. The predicted octanol–water partition coefficient (Wildman–Crippen LogP) is 1.79. The van der Waals surface area contributed by atoms with Crippen LogP contribution in [-0.2, 0) is 9.53 Å². The second-order valence-corrected chi connectivity index (χ2v) is 4.52. The van der Waals surface area contributed by atoms with E-state index in [9.17, 15) is 9.18 Å². The molecule has 0 aromatic heterocycles. The van der Waals surface area contributed by atoms with Gasteiger partial charge >= 0.3 is 5.97 Å². The van der Waals surface area contributed by atoms with Crippen molar-refractivity contribution in [2.24, 2.45) is 0 Å². The second-order valence-electron chi connectivity index (χ2n) is 4.11. The maximum absolute atomic E-state index is 13.0. The van der Waals surface area contributed by atoms with E-state index in [2.05, 4.69) is 10.6 Å². The average molecular weight is 280 g/mol. The molecule has 2 N–H and O–H groups in total. The summed E-state index contributed by atoms with van der Waals surface area (Å²) in [7, 11) is 1.32. The Morgan fingerprint density at radius 1 is 1.37 bits per heavy atom. The summed E-state index contributed by atoms with van der Waals surface area (Å²) in [6.45, 7) is 1.75. The molecule has 1 atom stereocenters. The number of carbonyl (C=O) groups is 1. The molecule has 0 amide bonds. The number of allylic oxidation sites excluding steroid dienone is 1. The molecular weight excluding hydrogens is 267 g/mol. The van der Waals surface area contributed by atoms with Crippen molar-refractivity contribution in [3.63, 3.8) is 0 Å². The third kappa shape index (κ3) is 2.73. The van der Waals surface area contributed by atoms with Gasteiger partial charge in [-0.15, -0.1) is 0 Å². The Morgan fingerprint density at radius 3 is 2.58 bits per heavy atom. The van der Waals surface area contributed by atoms with Crippen molar-refractivity contribution in [3.8, 4) is 0 Å². The topological polar surface area (TPSA) is 50.4 Å². The molecule has 1 aromatic carbocycles. The van der Waals surface area contributed by atoms with Crippen LogP contribution in [0.5, 0.6) is 0 Å². The molecule has 1 heterocycles. The van der Waals surface area contributed by atoms with Crippen LogP contribution >= 0.6 is 12.2 Å². The zero-order valence-electron chi connectivity index (χ0n) is 10.5. The molecule has 0 spiro atoms. The van der Waals surface area contributed by atoms with Crippen molar-refractivity contribution in [1.29, 1.82) is 0 Å². The first-order chi connectivity index (χ1) is 9.02. The van der Waals surface area contributed by atoms with Gasteiger partial charge in [0.2, 0.25) is 0 Å². The van der Waals surface area contributed by atoms with Gasteiger partial charge < -0.3 is 15.4 Å². The summed E-state index contributed by atoms with van der Waals surface area (Å²) in [5.74, 6) is -0.782. The minimum absolute atomic E-state index is 0.333. The SMILES string of the molecule is COC(=O)C1=C(C)NC(=S)NC1c1ccc(F)cc1. The van der Waals surface area contributed by atoms with E-state index >= 15 is 0 Å². The normalized spacial score (nSPS) is 18.7. The average Bonchev–Trinajstić information content (AvgIpc) is 2.38. The number of methoxy groups -OCH3 is 1.